The van der Waals surface area contributed by atoms with Crippen molar-refractivity contribution >= 4 is 15.9 Å². The first-order valence-electron chi connectivity index (χ1n) is 9.10. The van der Waals surface area contributed by atoms with Crippen LogP contribution in [0.5, 0.6) is 0 Å². The Kier molecular flexibility index (Phi) is 6.11. The highest BCUT2D eigenvalue weighted by Gasteiger charge is 2.23. The number of amides is 1. The third kappa shape index (κ3) is 5.40. The maximum Gasteiger partial charge on any atom is 0.244 e. The minimum absolute atomic E-state index is 0.0357. The molecule has 0 bridgehead atoms. The largest absolute Gasteiger partial charge is 0.377 e. The molecule has 0 aromatic heterocycles. The van der Waals surface area contributed by atoms with Crippen LogP contribution in [0.3, 0.4) is 0 Å². The van der Waals surface area contributed by atoms with Crippen LogP contribution < -0.4 is 10.0 Å². The van der Waals surface area contributed by atoms with Crippen LogP contribution in [0.25, 0.3) is 0 Å². The molecule has 2 fully saturated rings. The molecular formula is C19H26N2O4S. The second-order valence-corrected chi connectivity index (χ2v) is 8.78. The highest BCUT2D eigenvalue weighted by molar-refractivity contribution is 7.89. The zero-order valence-corrected chi connectivity index (χ0v) is 15.8. The van der Waals surface area contributed by atoms with E-state index in [1.807, 2.05) is 6.92 Å². The van der Waals surface area contributed by atoms with Gasteiger partial charge in [0.05, 0.1) is 11.0 Å². The van der Waals surface area contributed by atoms with Crippen LogP contribution in [0, 0.1) is 5.92 Å². The molecule has 1 heterocycles. The topological polar surface area (TPSA) is 84.5 Å². The van der Waals surface area contributed by atoms with Crippen LogP contribution in [-0.4, -0.2) is 33.6 Å². The van der Waals surface area contributed by atoms with E-state index < -0.39 is 10.0 Å². The van der Waals surface area contributed by atoms with Crippen LogP contribution in [0.4, 0.5) is 0 Å². The van der Waals surface area contributed by atoms with Gasteiger partial charge in [0, 0.05) is 25.8 Å². The summed E-state index contributed by atoms with van der Waals surface area (Å²) in [6.45, 7) is 3.35. The molecule has 1 amide bonds. The molecule has 2 aliphatic rings. The Labute approximate surface area is 155 Å². The monoisotopic (exact) mass is 378 g/mol. The van der Waals surface area contributed by atoms with Gasteiger partial charge < -0.3 is 10.1 Å². The van der Waals surface area contributed by atoms with E-state index >= 15 is 0 Å². The highest BCUT2D eigenvalue weighted by Crippen LogP contribution is 2.35. The smallest absolute Gasteiger partial charge is 0.244 e. The molecular weight excluding hydrogens is 352 g/mol. The third-order valence-electron chi connectivity index (χ3n) is 4.81. The van der Waals surface area contributed by atoms with Gasteiger partial charge in [0.1, 0.15) is 0 Å². The van der Waals surface area contributed by atoms with E-state index in [4.69, 9.17) is 4.74 Å². The molecule has 1 unspecified atom stereocenters. The summed E-state index contributed by atoms with van der Waals surface area (Å²) in [5.41, 5.74) is 1.98. The molecule has 6 nitrogen and oxygen atoms in total. The number of ether oxygens (including phenoxy) is 1. The molecule has 2 N–H and O–H groups in total. The van der Waals surface area contributed by atoms with Crippen LogP contribution in [0.15, 0.2) is 40.8 Å². The summed E-state index contributed by atoms with van der Waals surface area (Å²) in [4.78, 5) is 12.1. The van der Waals surface area contributed by atoms with Crippen LogP contribution >= 0.6 is 0 Å². The number of allylic oxidation sites excluding steroid dienone is 1. The van der Waals surface area contributed by atoms with Crippen LogP contribution in [0.1, 0.15) is 38.2 Å². The molecule has 0 spiro atoms. The van der Waals surface area contributed by atoms with Gasteiger partial charge in [-0.2, -0.15) is 0 Å². The fourth-order valence-electron chi connectivity index (χ4n) is 2.98. The van der Waals surface area contributed by atoms with Gasteiger partial charge in [0.2, 0.25) is 15.9 Å². The van der Waals surface area contributed by atoms with Gasteiger partial charge in [0.25, 0.3) is 0 Å². The Morgan fingerprint density at radius 2 is 1.96 bits per heavy atom. The number of hydrogen-bond acceptors (Lipinski definition) is 4. The number of hydrogen-bond donors (Lipinski definition) is 2. The van der Waals surface area contributed by atoms with E-state index in [-0.39, 0.29) is 16.9 Å². The average Bonchev–Trinajstić information content (AvgIpc) is 3.35. The van der Waals surface area contributed by atoms with Gasteiger partial charge in [-0.15, -0.1) is 0 Å². The van der Waals surface area contributed by atoms with E-state index in [1.165, 1.54) is 12.8 Å². The van der Waals surface area contributed by atoms with E-state index in [9.17, 15) is 13.2 Å². The molecule has 1 aromatic rings. The number of nitrogens with one attached hydrogen (secondary N) is 2. The van der Waals surface area contributed by atoms with Crippen molar-refractivity contribution in [2.24, 2.45) is 5.92 Å². The lowest BCUT2D eigenvalue weighted by molar-refractivity contribution is -0.116. The van der Waals surface area contributed by atoms with Crippen molar-refractivity contribution in [2.45, 2.75) is 50.2 Å². The molecule has 1 aromatic carbocycles. The summed E-state index contributed by atoms with van der Waals surface area (Å²) >= 11 is 0. The molecule has 3 rings (SSSR count). The summed E-state index contributed by atoms with van der Waals surface area (Å²) in [6.07, 6.45) is 5.83. The first-order chi connectivity index (χ1) is 12.4. The number of sulfonamides is 1. The van der Waals surface area contributed by atoms with Crippen molar-refractivity contribution in [1.82, 2.24) is 10.0 Å². The normalized spacial score (nSPS) is 21.0. The second-order valence-electron chi connectivity index (χ2n) is 7.01. The van der Waals surface area contributed by atoms with Crippen LogP contribution in [0.2, 0.25) is 0 Å². The Morgan fingerprint density at radius 3 is 2.58 bits per heavy atom. The van der Waals surface area contributed by atoms with Crippen LogP contribution in [-0.2, 0) is 26.1 Å². The number of carbonyl (C=O) groups excluding carboxylic acids is 1. The zero-order valence-electron chi connectivity index (χ0n) is 15.0. The number of carbonyl (C=O) groups is 1. The number of rotatable bonds is 8. The molecule has 1 aliphatic carbocycles. The summed E-state index contributed by atoms with van der Waals surface area (Å²) < 4.78 is 32.7. The van der Waals surface area contributed by atoms with Gasteiger partial charge >= 0.3 is 0 Å². The van der Waals surface area contributed by atoms with Gasteiger partial charge in [-0.05, 0) is 56.2 Å². The Balaban J connectivity index is 1.50. The second kappa shape index (κ2) is 8.33. The molecule has 1 aliphatic heterocycles. The van der Waals surface area contributed by atoms with Gasteiger partial charge in [0.15, 0.2) is 0 Å². The predicted octanol–water partition coefficient (Wildman–Crippen LogP) is 2.12. The Hall–Kier alpha value is -1.70. The van der Waals surface area contributed by atoms with E-state index in [1.54, 1.807) is 30.3 Å². The summed E-state index contributed by atoms with van der Waals surface area (Å²) in [5.74, 6) is 0.469. The van der Waals surface area contributed by atoms with E-state index in [0.717, 1.165) is 24.0 Å². The molecule has 0 radical (unpaired) electrons. The molecule has 7 heteroatoms. The van der Waals surface area contributed by atoms with Crippen molar-refractivity contribution in [3.8, 4) is 0 Å². The Morgan fingerprint density at radius 1 is 1.23 bits per heavy atom. The van der Waals surface area contributed by atoms with Crippen molar-refractivity contribution < 1.29 is 17.9 Å². The summed E-state index contributed by atoms with van der Waals surface area (Å²) in [7, 11) is -3.54. The lowest BCUT2D eigenvalue weighted by atomic mass is 10.2. The fraction of sp³-hybridized carbons (Fsp3) is 0.526. The van der Waals surface area contributed by atoms with Gasteiger partial charge in [-0.1, -0.05) is 17.7 Å². The molecule has 1 saturated carbocycles. The standard InChI is InChI=1S/C19H26N2O4S/c1-14(16-6-7-16)11-19(22)20-12-15-4-8-18(9-5-15)26(23,24)21-13-17-3-2-10-25-17/h4-5,8-9,11,16-17,21H,2-3,6-7,10,12-13H2,1H3,(H,20,22). The van der Waals surface area contributed by atoms with Crippen molar-refractivity contribution in [3.05, 3.63) is 41.5 Å². The average molecular weight is 378 g/mol. The molecule has 1 saturated heterocycles. The molecule has 1 atom stereocenters. The Bertz CT molecular complexity index is 761. The highest BCUT2D eigenvalue weighted by atomic mass is 32.2. The van der Waals surface area contributed by atoms with Crippen molar-refractivity contribution in [3.63, 3.8) is 0 Å². The zero-order chi connectivity index (χ0) is 18.6. The lowest BCUT2D eigenvalue weighted by Gasteiger charge is -2.12. The van der Waals surface area contributed by atoms with Crippen molar-refractivity contribution in [2.75, 3.05) is 13.2 Å². The van der Waals surface area contributed by atoms with Gasteiger partial charge in [-0.3, -0.25) is 4.79 Å². The SMILES string of the molecule is CC(=CC(=O)NCc1ccc(S(=O)(=O)NCC2CCCO2)cc1)C1CC1. The summed E-state index contributed by atoms with van der Waals surface area (Å²) in [5, 5.41) is 2.84. The van der Waals surface area contributed by atoms with Crippen molar-refractivity contribution in [1.29, 1.82) is 0 Å². The minimum atomic E-state index is -3.54. The molecule has 26 heavy (non-hydrogen) atoms. The van der Waals surface area contributed by atoms with E-state index in [0.29, 0.717) is 25.6 Å². The predicted molar refractivity (Wildman–Crippen MR) is 98.9 cm³/mol. The lowest BCUT2D eigenvalue weighted by Crippen LogP contribution is -2.31. The third-order valence-corrected chi connectivity index (χ3v) is 6.24. The first-order valence-corrected chi connectivity index (χ1v) is 10.6. The summed E-state index contributed by atoms with van der Waals surface area (Å²) in [6, 6.07) is 6.56. The quantitative estimate of drug-likeness (QED) is 0.679. The maximum absolute atomic E-state index is 12.3. The fourth-order valence-corrected chi connectivity index (χ4v) is 4.05. The maximum atomic E-state index is 12.3. The van der Waals surface area contributed by atoms with E-state index in [2.05, 4.69) is 10.0 Å². The number of benzene rings is 1. The van der Waals surface area contributed by atoms with Gasteiger partial charge in [-0.25, -0.2) is 13.1 Å². The minimum Gasteiger partial charge on any atom is -0.377 e. The first kappa shape index (κ1) is 19.1. The molecule has 142 valence electrons.